The van der Waals surface area contributed by atoms with Gasteiger partial charge in [-0.15, -0.1) is 0 Å². The van der Waals surface area contributed by atoms with Gasteiger partial charge in [0.15, 0.2) is 0 Å². The zero-order valence-corrected chi connectivity index (χ0v) is 24.8. The van der Waals surface area contributed by atoms with Crippen LogP contribution in [0.2, 0.25) is 5.02 Å². The number of nitrogens with two attached hydrogens (primary N) is 1. The summed E-state index contributed by atoms with van der Waals surface area (Å²) in [6.07, 6.45) is 7.45. The largest absolute Gasteiger partial charge is 0.386 e. The fourth-order valence-electron chi connectivity index (χ4n) is 4.04. The van der Waals surface area contributed by atoms with Gasteiger partial charge >= 0.3 is 12.3 Å². The zero-order valence-electron chi connectivity index (χ0n) is 24.1. The number of halogens is 6. The normalized spacial score (nSPS) is 13.4. The van der Waals surface area contributed by atoms with Crippen LogP contribution in [0.4, 0.5) is 22.0 Å². The van der Waals surface area contributed by atoms with Gasteiger partial charge in [0.2, 0.25) is 0 Å². The molecular weight excluding hydrogens is 571 g/mol. The summed E-state index contributed by atoms with van der Waals surface area (Å²) in [7, 11) is 0. The van der Waals surface area contributed by atoms with Crippen molar-refractivity contribution >= 4 is 11.6 Å². The van der Waals surface area contributed by atoms with Crippen LogP contribution in [0.25, 0.3) is 0 Å². The molecule has 228 valence electrons. The van der Waals surface area contributed by atoms with Crippen molar-refractivity contribution in [3.63, 3.8) is 0 Å². The average molecular weight is 609 g/mol. The summed E-state index contributed by atoms with van der Waals surface area (Å²) in [6.45, 7) is 12.9. The summed E-state index contributed by atoms with van der Waals surface area (Å²) in [5, 5.41) is 11.7. The Balaban J connectivity index is 0.000000752. The van der Waals surface area contributed by atoms with Gasteiger partial charge in [0.25, 0.3) is 0 Å². The van der Waals surface area contributed by atoms with E-state index in [0.717, 1.165) is 6.07 Å². The molecule has 2 rings (SSSR count). The maximum absolute atomic E-state index is 14.3. The van der Waals surface area contributed by atoms with Crippen LogP contribution in [-0.2, 0) is 6.42 Å². The molecule has 0 spiro atoms. The highest BCUT2D eigenvalue weighted by Crippen LogP contribution is 2.34. The molecule has 0 aliphatic rings. The van der Waals surface area contributed by atoms with Crippen molar-refractivity contribution in [3.8, 4) is 6.07 Å². The van der Waals surface area contributed by atoms with Gasteiger partial charge in [-0.25, -0.2) is 13.2 Å². The molecule has 0 saturated carbocycles. The molecule has 0 radical (unpaired) electrons. The maximum Gasteiger partial charge on any atom is 0.311 e. The first kappa shape index (κ1) is 36.4. The SMILES string of the molecule is C=C(N)NC(C)(C)CC#N.C=C/C=C\C/C=C\C(C)C[C@H](c1cc(F)cc(CC(F)(F)C(F)F)c1)c1ccc(Cl)cn1. The van der Waals surface area contributed by atoms with Crippen LogP contribution in [0.3, 0.4) is 0 Å². The molecule has 3 N–H and O–H groups in total. The minimum atomic E-state index is -4.24. The molecule has 42 heavy (non-hydrogen) atoms. The van der Waals surface area contributed by atoms with E-state index < -0.39 is 30.5 Å². The van der Waals surface area contributed by atoms with Gasteiger partial charge in [-0.1, -0.05) is 68.1 Å². The summed E-state index contributed by atoms with van der Waals surface area (Å²) in [5.74, 6) is -5.00. The van der Waals surface area contributed by atoms with Crippen molar-refractivity contribution in [2.75, 3.05) is 0 Å². The van der Waals surface area contributed by atoms with Crippen molar-refractivity contribution in [2.45, 2.75) is 70.3 Å². The number of rotatable bonds is 14. The lowest BCUT2D eigenvalue weighted by molar-refractivity contribution is -0.127. The van der Waals surface area contributed by atoms with Gasteiger partial charge in [-0.2, -0.15) is 14.0 Å². The molecule has 4 nitrogen and oxygen atoms in total. The Kier molecular flexibility index (Phi) is 15.0. The third-order valence-corrected chi connectivity index (χ3v) is 6.11. The van der Waals surface area contributed by atoms with Gasteiger partial charge in [-0.05, 0) is 68.0 Å². The fourth-order valence-corrected chi connectivity index (χ4v) is 4.15. The standard InChI is InChI=1S/C25H25ClF5N.C7H13N3/c1-3-4-5-6-7-8-17(2)11-22(23-10-9-20(26)16-32-23)19-12-18(13-21(27)14-19)15-25(30,31)24(28)29;1-6(9)10-7(2,3)4-5-8/h3-5,7-10,12-14,16-17,22,24H,1,6,11,15H2,2H3;10H,1,4,9H2,2-3H3/b5-4-,8-7-;/t17?,22-;/m1./s1. The molecule has 1 unspecified atom stereocenters. The number of nitriles is 1. The van der Waals surface area contributed by atoms with Crippen molar-refractivity contribution < 1.29 is 22.0 Å². The van der Waals surface area contributed by atoms with E-state index in [2.05, 4.69) is 29.5 Å². The summed E-state index contributed by atoms with van der Waals surface area (Å²) >= 11 is 5.93. The minimum Gasteiger partial charge on any atom is -0.386 e. The summed E-state index contributed by atoms with van der Waals surface area (Å²) in [4.78, 5) is 4.32. The number of nitrogens with one attached hydrogen (secondary N) is 1. The van der Waals surface area contributed by atoms with E-state index in [4.69, 9.17) is 22.6 Å². The smallest absolute Gasteiger partial charge is 0.311 e. The topological polar surface area (TPSA) is 74.7 Å². The monoisotopic (exact) mass is 608 g/mol. The molecule has 0 amide bonds. The Morgan fingerprint density at radius 1 is 1.21 bits per heavy atom. The molecule has 0 fully saturated rings. The minimum absolute atomic E-state index is 0.0452. The second-order valence-corrected chi connectivity index (χ2v) is 10.9. The maximum atomic E-state index is 14.3. The molecule has 1 aromatic carbocycles. The number of aromatic nitrogens is 1. The number of hydrogen-bond acceptors (Lipinski definition) is 4. The number of nitrogens with zero attached hydrogens (tertiary/aromatic N) is 2. The Labute approximate surface area is 250 Å². The van der Waals surface area contributed by atoms with Crippen LogP contribution in [0.1, 0.15) is 62.8 Å². The van der Waals surface area contributed by atoms with Crippen LogP contribution < -0.4 is 11.1 Å². The molecule has 1 heterocycles. The quantitative estimate of drug-likeness (QED) is 0.128. The van der Waals surface area contributed by atoms with Crippen LogP contribution in [0.15, 0.2) is 85.9 Å². The zero-order chi connectivity index (χ0) is 31.9. The number of pyridine rings is 1. The second-order valence-electron chi connectivity index (χ2n) is 10.5. The first-order valence-corrected chi connectivity index (χ1v) is 13.6. The predicted molar refractivity (Wildman–Crippen MR) is 160 cm³/mol. The highest BCUT2D eigenvalue weighted by molar-refractivity contribution is 6.30. The summed E-state index contributed by atoms with van der Waals surface area (Å²) < 4.78 is 66.8. The molecule has 2 atom stereocenters. The molecule has 10 heteroatoms. The lowest BCUT2D eigenvalue weighted by Gasteiger charge is -2.23. The van der Waals surface area contributed by atoms with Gasteiger partial charge < -0.3 is 11.1 Å². The fraction of sp³-hybridized carbons (Fsp3) is 0.375. The van der Waals surface area contributed by atoms with Crippen molar-refractivity contribution in [3.05, 3.63) is 114 Å². The number of hydrogen-bond donors (Lipinski definition) is 2. The van der Waals surface area contributed by atoms with E-state index in [9.17, 15) is 22.0 Å². The Morgan fingerprint density at radius 3 is 2.45 bits per heavy atom. The summed E-state index contributed by atoms with van der Waals surface area (Å²) in [6, 6.07) is 8.83. The van der Waals surface area contributed by atoms with Gasteiger partial charge in [0, 0.05) is 29.8 Å². The first-order chi connectivity index (χ1) is 19.6. The Morgan fingerprint density at radius 2 is 1.90 bits per heavy atom. The number of allylic oxidation sites excluding steroid dienone is 5. The van der Waals surface area contributed by atoms with E-state index in [-0.39, 0.29) is 17.0 Å². The Bertz CT molecular complexity index is 1250. The van der Waals surface area contributed by atoms with Gasteiger partial charge in [0.05, 0.1) is 23.3 Å². The number of alkyl halides is 4. The third kappa shape index (κ3) is 13.8. The van der Waals surface area contributed by atoms with Crippen LogP contribution >= 0.6 is 11.6 Å². The third-order valence-electron chi connectivity index (χ3n) is 5.89. The highest BCUT2D eigenvalue weighted by Gasteiger charge is 2.40. The molecule has 0 bridgehead atoms. The van der Waals surface area contributed by atoms with Crippen molar-refractivity contribution in [2.24, 2.45) is 11.7 Å². The van der Waals surface area contributed by atoms with E-state index in [0.29, 0.717) is 41.4 Å². The van der Waals surface area contributed by atoms with E-state index in [1.54, 1.807) is 18.2 Å². The Hall–Kier alpha value is -3.64. The lowest BCUT2D eigenvalue weighted by Crippen LogP contribution is -2.40. The van der Waals surface area contributed by atoms with Crippen molar-refractivity contribution in [1.29, 1.82) is 5.26 Å². The van der Waals surface area contributed by atoms with Gasteiger partial charge in [0.1, 0.15) is 5.82 Å². The highest BCUT2D eigenvalue weighted by atomic mass is 35.5. The van der Waals surface area contributed by atoms with Crippen LogP contribution in [0, 0.1) is 23.1 Å². The molecule has 0 aliphatic carbocycles. The number of benzene rings is 1. The molecule has 2 aromatic rings. The van der Waals surface area contributed by atoms with Gasteiger partial charge in [-0.3, -0.25) is 4.98 Å². The second kappa shape index (κ2) is 17.3. The van der Waals surface area contributed by atoms with Crippen LogP contribution in [-0.4, -0.2) is 22.9 Å². The predicted octanol–water partition coefficient (Wildman–Crippen LogP) is 8.86. The molecule has 1 aromatic heterocycles. The average Bonchev–Trinajstić information content (AvgIpc) is 2.86. The van der Waals surface area contributed by atoms with E-state index in [1.165, 1.54) is 18.3 Å². The molecule has 0 aliphatic heterocycles. The van der Waals surface area contributed by atoms with E-state index in [1.807, 2.05) is 45.1 Å². The molecule has 0 saturated heterocycles. The van der Waals surface area contributed by atoms with Crippen LogP contribution in [0.5, 0.6) is 0 Å². The van der Waals surface area contributed by atoms with Crippen molar-refractivity contribution in [1.82, 2.24) is 10.3 Å². The molecular formula is C32H38ClF5N4. The van der Waals surface area contributed by atoms with E-state index >= 15 is 0 Å². The summed E-state index contributed by atoms with van der Waals surface area (Å²) in [5.41, 5.74) is 5.81. The lowest BCUT2D eigenvalue weighted by atomic mass is 9.85. The first-order valence-electron chi connectivity index (χ1n) is 13.2.